The Kier molecular flexibility index (Phi) is 11.2. The van der Waals surface area contributed by atoms with Crippen molar-refractivity contribution in [1.29, 1.82) is 0 Å². The SMILES string of the molecule is CCC(C(=O)NC1CCCC1)N(CCc1ccccc1)C(=O)CN(c1ccc(F)cc1)S(=O)(=O)c1ccc(OC)c(OC)c1. The highest BCUT2D eigenvalue weighted by molar-refractivity contribution is 7.92. The van der Waals surface area contributed by atoms with E-state index >= 15 is 0 Å². The molecule has 1 fully saturated rings. The Morgan fingerprint density at radius 2 is 1.61 bits per heavy atom. The van der Waals surface area contributed by atoms with E-state index in [0.717, 1.165) is 47.7 Å². The van der Waals surface area contributed by atoms with E-state index in [1.165, 1.54) is 49.5 Å². The summed E-state index contributed by atoms with van der Waals surface area (Å²) in [4.78, 5) is 29.0. The van der Waals surface area contributed by atoms with Crippen LogP contribution in [0, 0.1) is 5.82 Å². The average Bonchev–Trinajstić information content (AvgIpc) is 3.55. The molecule has 1 N–H and O–H groups in total. The molecule has 0 radical (unpaired) electrons. The monoisotopic (exact) mass is 625 g/mol. The molecule has 9 nitrogen and oxygen atoms in total. The predicted octanol–water partition coefficient (Wildman–Crippen LogP) is 4.95. The van der Waals surface area contributed by atoms with Crippen LogP contribution in [0.15, 0.2) is 77.7 Å². The Labute approximate surface area is 259 Å². The largest absolute Gasteiger partial charge is 0.493 e. The zero-order chi connectivity index (χ0) is 31.7. The van der Waals surface area contributed by atoms with Gasteiger partial charge in [0.05, 0.1) is 24.8 Å². The second-order valence-electron chi connectivity index (χ2n) is 10.7. The first-order valence-corrected chi connectivity index (χ1v) is 16.3. The maximum atomic E-state index is 14.2. The molecule has 0 spiro atoms. The molecule has 1 saturated carbocycles. The van der Waals surface area contributed by atoms with Gasteiger partial charge < -0.3 is 19.7 Å². The third-order valence-electron chi connectivity index (χ3n) is 7.91. The van der Waals surface area contributed by atoms with Crippen molar-refractivity contribution in [3.63, 3.8) is 0 Å². The summed E-state index contributed by atoms with van der Waals surface area (Å²) in [6.45, 7) is 1.43. The maximum absolute atomic E-state index is 14.2. The molecule has 1 unspecified atom stereocenters. The van der Waals surface area contributed by atoms with Crippen LogP contribution in [0.4, 0.5) is 10.1 Å². The number of hydrogen-bond acceptors (Lipinski definition) is 6. The van der Waals surface area contributed by atoms with E-state index < -0.39 is 34.3 Å². The molecule has 0 aliphatic heterocycles. The van der Waals surface area contributed by atoms with Gasteiger partial charge in [-0.1, -0.05) is 50.1 Å². The van der Waals surface area contributed by atoms with Gasteiger partial charge in [0.25, 0.3) is 10.0 Å². The molecule has 11 heteroatoms. The zero-order valence-electron chi connectivity index (χ0n) is 25.4. The van der Waals surface area contributed by atoms with Crippen molar-refractivity contribution in [3.8, 4) is 11.5 Å². The van der Waals surface area contributed by atoms with Crippen LogP contribution in [0.5, 0.6) is 11.5 Å². The number of ether oxygens (including phenoxy) is 2. The first kappa shape index (κ1) is 32.8. The van der Waals surface area contributed by atoms with Crippen LogP contribution in [0.25, 0.3) is 0 Å². The van der Waals surface area contributed by atoms with Crippen LogP contribution in [-0.2, 0) is 26.0 Å². The second-order valence-corrected chi connectivity index (χ2v) is 12.6. The minimum Gasteiger partial charge on any atom is -0.493 e. The number of benzene rings is 3. The molecule has 44 heavy (non-hydrogen) atoms. The molecule has 1 aliphatic rings. The lowest BCUT2D eigenvalue weighted by Gasteiger charge is -2.33. The van der Waals surface area contributed by atoms with E-state index in [1.54, 1.807) is 0 Å². The third-order valence-corrected chi connectivity index (χ3v) is 9.68. The summed E-state index contributed by atoms with van der Waals surface area (Å²) in [5, 5.41) is 3.10. The molecule has 3 aromatic carbocycles. The zero-order valence-corrected chi connectivity index (χ0v) is 26.2. The van der Waals surface area contributed by atoms with Crippen molar-refractivity contribution in [1.82, 2.24) is 10.2 Å². The molecular weight excluding hydrogens is 585 g/mol. The quantitative estimate of drug-likeness (QED) is 0.272. The molecule has 1 aliphatic carbocycles. The van der Waals surface area contributed by atoms with Gasteiger partial charge in [-0.05, 0) is 67.6 Å². The van der Waals surface area contributed by atoms with Gasteiger partial charge in [-0.3, -0.25) is 13.9 Å². The number of amides is 2. The number of carbonyl (C=O) groups is 2. The van der Waals surface area contributed by atoms with Crippen molar-refractivity contribution in [2.24, 2.45) is 0 Å². The highest BCUT2D eigenvalue weighted by Crippen LogP contribution is 2.32. The third kappa shape index (κ3) is 7.88. The molecular formula is C33H40FN3O6S. The smallest absolute Gasteiger partial charge is 0.264 e. The molecule has 0 aromatic heterocycles. The van der Waals surface area contributed by atoms with E-state index in [1.807, 2.05) is 37.3 Å². The molecule has 236 valence electrons. The minimum absolute atomic E-state index is 0.0590. The topological polar surface area (TPSA) is 105 Å². The van der Waals surface area contributed by atoms with Crippen molar-refractivity contribution in [2.75, 3.05) is 31.6 Å². The first-order chi connectivity index (χ1) is 21.2. The number of nitrogens with one attached hydrogen (secondary N) is 1. The van der Waals surface area contributed by atoms with Crippen LogP contribution >= 0.6 is 0 Å². The van der Waals surface area contributed by atoms with Crippen LogP contribution in [0.3, 0.4) is 0 Å². The molecule has 3 aromatic rings. The van der Waals surface area contributed by atoms with Gasteiger partial charge in [0, 0.05) is 18.7 Å². The summed E-state index contributed by atoms with van der Waals surface area (Å²) >= 11 is 0. The van der Waals surface area contributed by atoms with E-state index in [0.29, 0.717) is 18.6 Å². The maximum Gasteiger partial charge on any atom is 0.264 e. The molecule has 0 bridgehead atoms. The summed E-state index contributed by atoms with van der Waals surface area (Å²) in [6.07, 6.45) is 4.68. The fourth-order valence-corrected chi connectivity index (χ4v) is 6.93. The summed E-state index contributed by atoms with van der Waals surface area (Å²) in [7, 11) is -1.54. The lowest BCUT2D eigenvalue weighted by molar-refractivity contribution is -0.139. The number of anilines is 1. The van der Waals surface area contributed by atoms with Gasteiger partial charge in [-0.25, -0.2) is 12.8 Å². The van der Waals surface area contributed by atoms with Gasteiger partial charge in [0.15, 0.2) is 11.5 Å². The standard InChI is InChI=1S/C33H40FN3O6S/c1-4-29(33(39)35-26-12-8-9-13-26)36(21-20-24-10-6-5-7-11-24)32(38)23-37(27-16-14-25(34)15-17-27)44(40,41)28-18-19-30(42-2)31(22-28)43-3/h5-7,10-11,14-19,22,26,29H,4,8-9,12-13,20-21,23H2,1-3H3,(H,35,39). The Morgan fingerprint density at radius 3 is 2.23 bits per heavy atom. The second kappa shape index (κ2) is 15.1. The number of carbonyl (C=O) groups excluding carboxylic acids is 2. The number of methoxy groups -OCH3 is 2. The van der Waals surface area contributed by atoms with Gasteiger partial charge in [-0.2, -0.15) is 0 Å². The van der Waals surface area contributed by atoms with Crippen molar-refractivity contribution in [2.45, 2.75) is 62.4 Å². The molecule has 2 amide bonds. The van der Waals surface area contributed by atoms with Gasteiger partial charge in [0.1, 0.15) is 18.4 Å². The number of nitrogens with zero attached hydrogens (tertiary/aromatic N) is 2. The summed E-state index contributed by atoms with van der Waals surface area (Å²) < 4.78 is 53.6. The van der Waals surface area contributed by atoms with Gasteiger partial charge >= 0.3 is 0 Å². The van der Waals surface area contributed by atoms with E-state index in [4.69, 9.17) is 9.47 Å². The van der Waals surface area contributed by atoms with Gasteiger partial charge in [-0.15, -0.1) is 0 Å². The Hall–Kier alpha value is -4.12. The van der Waals surface area contributed by atoms with Crippen molar-refractivity contribution < 1.29 is 31.9 Å². The minimum atomic E-state index is -4.36. The van der Waals surface area contributed by atoms with Crippen LogP contribution < -0.4 is 19.1 Å². The average molecular weight is 626 g/mol. The molecule has 4 rings (SSSR count). The van der Waals surface area contributed by atoms with Crippen LogP contribution in [0.1, 0.15) is 44.6 Å². The fourth-order valence-electron chi connectivity index (χ4n) is 5.50. The van der Waals surface area contributed by atoms with Crippen LogP contribution in [0.2, 0.25) is 0 Å². The summed E-state index contributed by atoms with van der Waals surface area (Å²) in [5.74, 6) is -0.831. The summed E-state index contributed by atoms with van der Waals surface area (Å²) in [6, 6.07) is 17.8. The van der Waals surface area contributed by atoms with Crippen LogP contribution in [-0.4, -0.2) is 64.5 Å². The number of hydrogen-bond donors (Lipinski definition) is 1. The number of sulfonamides is 1. The lowest BCUT2D eigenvalue weighted by Crippen LogP contribution is -2.54. The number of halogens is 1. The molecule has 0 heterocycles. The highest BCUT2D eigenvalue weighted by Gasteiger charge is 2.34. The van der Waals surface area contributed by atoms with E-state index in [2.05, 4.69) is 5.32 Å². The van der Waals surface area contributed by atoms with E-state index in [-0.39, 0.29) is 34.8 Å². The summed E-state index contributed by atoms with van der Waals surface area (Å²) in [5.41, 5.74) is 1.07. The molecule has 1 atom stereocenters. The Morgan fingerprint density at radius 1 is 0.955 bits per heavy atom. The molecule has 0 saturated heterocycles. The number of rotatable bonds is 14. The van der Waals surface area contributed by atoms with Gasteiger partial charge in [0.2, 0.25) is 11.8 Å². The fraction of sp³-hybridized carbons (Fsp3) is 0.394. The highest BCUT2D eigenvalue weighted by atomic mass is 32.2. The normalized spacial score (nSPS) is 14.1. The lowest BCUT2D eigenvalue weighted by atomic mass is 10.1. The van der Waals surface area contributed by atoms with E-state index in [9.17, 15) is 22.4 Å². The Bertz CT molecular complexity index is 1510. The predicted molar refractivity (Wildman–Crippen MR) is 167 cm³/mol. The van der Waals surface area contributed by atoms with Crippen molar-refractivity contribution >= 4 is 27.5 Å². The first-order valence-electron chi connectivity index (χ1n) is 14.8. The Balaban J connectivity index is 1.70. The van der Waals surface area contributed by atoms with Crippen molar-refractivity contribution in [3.05, 3.63) is 84.2 Å².